The SMILES string of the molecule is CP(Oc1ccc2ccccc2c1Sc1c(O)ccc2ccccc12)Oc1ccc2ccccc2c1Sc1c(OP2Oc3ccc4ccccc4c3Sc3c(ccc4ccccc34)O2)ccc2ccccc12. The molecule has 1 atom stereocenters. The fourth-order valence-corrected chi connectivity index (χ4v) is 15.1. The van der Waals surface area contributed by atoms with Crippen molar-refractivity contribution in [2.45, 2.75) is 29.4 Å². The molecule has 348 valence electrons. The molecule has 72 heavy (non-hydrogen) atoms. The molecular weight excluding hydrogens is 987 g/mol. The van der Waals surface area contributed by atoms with E-state index >= 15 is 0 Å². The van der Waals surface area contributed by atoms with Crippen LogP contribution in [0, 0.1) is 0 Å². The number of phenols is 1. The van der Waals surface area contributed by atoms with Gasteiger partial charge >= 0.3 is 8.60 Å². The van der Waals surface area contributed by atoms with E-state index in [1.165, 1.54) is 11.8 Å². The van der Waals surface area contributed by atoms with Gasteiger partial charge in [-0.2, -0.15) is 0 Å². The van der Waals surface area contributed by atoms with Crippen LogP contribution < -0.4 is 22.6 Å². The van der Waals surface area contributed by atoms with Crippen LogP contribution in [-0.2, 0) is 0 Å². The largest absolute Gasteiger partial charge is 0.530 e. The first kappa shape index (κ1) is 44.8. The summed E-state index contributed by atoms with van der Waals surface area (Å²) in [7, 11) is -3.61. The molecule has 1 unspecified atom stereocenters. The molecule has 11 heteroatoms. The Labute approximate surface area is 430 Å². The maximum absolute atomic E-state index is 11.3. The lowest BCUT2D eigenvalue weighted by molar-refractivity contribution is 0.377. The predicted molar refractivity (Wildman–Crippen MR) is 301 cm³/mol. The van der Waals surface area contributed by atoms with Crippen LogP contribution in [-0.4, -0.2) is 11.8 Å². The Bertz CT molecular complexity index is 4010. The number of phenolic OH excluding ortho intramolecular Hbond substituents is 1. The van der Waals surface area contributed by atoms with Gasteiger partial charge in [-0.1, -0.05) is 217 Å². The van der Waals surface area contributed by atoms with Crippen LogP contribution in [0.3, 0.4) is 0 Å². The quantitative estimate of drug-likeness (QED) is 0.135. The molecule has 1 N–H and O–H groups in total. The lowest BCUT2D eigenvalue weighted by Gasteiger charge is -2.26. The molecule has 1 heterocycles. The first-order valence-corrected chi connectivity index (χ1v) is 28.4. The fraction of sp³-hybridized carbons (Fsp3) is 0.0164. The van der Waals surface area contributed by atoms with Gasteiger partial charge in [-0.05, 0) is 101 Å². The average molecular weight is 1030 g/mol. The topological polar surface area (TPSA) is 66.4 Å². The number of aromatic hydroxyl groups is 1. The summed E-state index contributed by atoms with van der Waals surface area (Å²) < 4.78 is 34.7. The lowest BCUT2D eigenvalue weighted by atomic mass is 10.1. The van der Waals surface area contributed by atoms with Crippen LogP contribution in [0.2, 0.25) is 0 Å². The van der Waals surface area contributed by atoms with E-state index in [0.29, 0.717) is 28.7 Å². The van der Waals surface area contributed by atoms with Gasteiger partial charge in [0.2, 0.25) is 0 Å². The molecule has 12 aromatic carbocycles. The summed E-state index contributed by atoms with van der Waals surface area (Å²) in [5.41, 5.74) is 0. The van der Waals surface area contributed by atoms with Gasteiger partial charge in [0.25, 0.3) is 8.38 Å². The Morgan fingerprint density at radius 1 is 0.389 bits per heavy atom. The molecule has 0 aromatic heterocycles. The van der Waals surface area contributed by atoms with Crippen molar-refractivity contribution < 1.29 is 27.7 Å². The molecule has 0 amide bonds. The first-order chi connectivity index (χ1) is 35.5. The van der Waals surface area contributed by atoms with Crippen molar-refractivity contribution in [2.24, 2.45) is 0 Å². The molecule has 0 bridgehead atoms. The van der Waals surface area contributed by atoms with Crippen molar-refractivity contribution in [3.8, 4) is 34.5 Å². The van der Waals surface area contributed by atoms with Crippen molar-refractivity contribution in [2.75, 3.05) is 6.66 Å². The van der Waals surface area contributed by atoms with Crippen molar-refractivity contribution in [3.05, 3.63) is 218 Å². The van der Waals surface area contributed by atoms with Crippen LogP contribution in [0.25, 0.3) is 64.6 Å². The average Bonchev–Trinajstić information content (AvgIpc) is 3.41. The molecular formula is C61H40O6P2S3. The van der Waals surface area contributed by atoms with Crippen LogP contribution in [0.15, 0.2) is 248 Å². The van der Waals surface area contributed by atoms with E-state index in [2.05, 4.69) is 146 Å². The van der Waals surface area contributed by atoms with Crippen molar-refractivity contribution in [1.29, 1.82) is 0 Å². The molecule has 0 aliphatic carbocycles. The Morgan fingerprint density at radius 2 is 0.722 bits per heavy atom. The minimum atomic E-state index is -2.05. The normalized spacial score (nSPS) is 13.0. The monoisotopic (exact) mass is 1030 g/mol. The maximum atomic E-state index is 11.3. The predicted octanol–water partition coefficient (Wildman–Crippen LogP) is 19.2. The smallest absolute Gasteiger partial charge is 0.507 e. The Balaban J connectivity index is 0.881. The summed E-state index contributed by atoms with van der Waals surface area (Å²) in [4.78, 5) is 5.49. The van der Waals surface area contributed by atoms with Gasteiger partial charge in [-0.3, -0.25) is 0 Å². The number of hydrogen-bond acceptors (Lipinski definition) is 9. The van der Waals surface area contributed by atoms with E-state index in [-0.39, 0.29) is 5.75 Å². The zero-order valence-corrected chi connectivity index (χ0v) is 42.6. The number of hydrogen-bond donors (Lipinski definition) is 1. The van der Waals surface area contributed by atoms with E-state index in [4.69, 9.17) is 22.6 Å². The van der Waals surface area contributed by atoms with Gasteiger partial charge in [-0.25, -0.2) is 0 Å². The van der Waals surface area contributed by atoms with Gasteiger partial charge in [0.05, 0.1) is 29.4 Å². The van der Waals surface area contributed by atoms with E-state index in [0.717, 1.165) is 94.0 Å². The Hall–Kier alpha value is -7.09. The molecule has 1 aliphatic rings. The molecule has 12 aromatic rings. The van der Waals surface area contributed by atoms with Crippen molar-refractivity contribution in [3.63, 3.8) is 0 Å². The minimum absolute atomic E-state index is 0.215. The molecule has 6 nitrogen and oxygen atoms in total. The van der Waals surface area contributed by atoms with Crippen molar-refractivity contribution in [1.82, 2.24) is 0 Å². The molecule has 0 fully saturated rings. The highest BCUT2D eigenvalue weighted by Crippen LogP contribution is 2.58. The molecule has 0 saturated carbocycles. The van der Waals surface area contributed by atoms with Gasteiger partial charge in [-0.15, -0.1) is 0 Å². The Kier molecular flexibility index (Phi) is 11.9. The summed E-state index contributed by atoms with van der Waals surface area (Å²) in [6.45, 7) is 1.98. The number of benzene rings is 12. The highest BCUT2D eigenvalue weighted by atomic mass is 32.2. The highest BCUT2D eigenvalue weighted by Gasteiger charge is 2.30. The molecule has 0 spiro atoms. The fourth-order valence-electron chi connectivity index (χ4n) is 9.24. The third-order valence-corrected chi connectivity index (χ3v) is 18.4. The van der Waals surface area contributed by atoms with Crippen molar-refractivity contribution >= 4 is 117 Å². The van der Waals surface area contributed by atoms with E-state index in [1.54, 1.807) is 29.6 Å². The summed E-state index contributed by atoms with van der Waals surface area (Å²) in [5, 5.41) is 24.0. The van der Waals surface area contributed by atoms with E-state index < -0.39 is 17.0 Å². The second-order valence-electron chi connectivity index (χ2n) is 17.1. The third kappa shape index (κ3) is 8.45. The van der Waals surface area contributed by atoms with E-state index in [9.17, 15) is 5.11 Å². The molecule has 0 radical (unpaired) electrons. The lowest BCUT2D eigenvalue weighted by Crippen LogP contribution is -2.06. The second kappa shape index (κ2) is 19.2. The summed E-state index contributed by atoms with van der Waals surface area (Å²) >= 11 is 4.78. The molecule has 1 aliphatic heterocycles. The zero-order valence-electron chi connectivity index (χ0n) is 38.4. The van der Waals surface area contributed by atoms with Crippen LogP contribution in [0.5, 0.6) is 34.5 Å². The van der Waals surface area contributed by atoms with Gasteiger partial charge < -0.3 is 27.7 Å². The number of fused-ring (bicyclic) bond motifs is 10. The van der Waals surface area contributed by atoms with E-state index in [1.807, 2.05) is 73.4 Å². The van der Waals surface area contributed by atoms with Gasteiger partial charge in [0.1, 0.15) is 34.5 Å². The zero-order chi connectivity index (χ0) is 48.1. The van der Waals surface area contributed by atoms with Gasteiger partial charge in [0, 0.05) is 6.66 Å². The Morgan fingerprint density at radius 3 is 1.18 bits per heavy atom. The minimum Gasteiger partial charge on any atom is -0.507 e. The standard InChI is InChI=1S/C61H40O6P2S3/c1-68(63-51-33-27-39-15-3-9-21-45(39)57(51)70-56-44-20-8-2-14-38(44)26-32-50(56)62)64-52-34-28-40-16-4-10-22-46(40)58(52)71-59-47-23-11-5-17-41(47)29-35-53(59)65-69-66-54-36-30-42-18-6-12-24-48(42)60(54)72-61-49-25-13-7-19-43(49)31-37-55(61)67-69/h2-37,62H,1H3. The second-order valence-corrected chi connectivity index (χ2v) is 22.4. The summed E-state index contributed by atoms with van der Waals surface area (Å²) in [5.74, 6) is 3.57. The molecule has 13 rings (SSSR count). The van der Waals surface area contributed by atoms with Gasteiger partial charge in [0.15, 0.2) is 0 Å². The summed E-state index contributed by atoms with van der Waals surface area (Å²) in [6, 6.07) is 74.2. The van der Waals surface area contributed by atoms with Crippen LogP contribution in [0.1, 0.15) is 0 Å². The summed E-state index contributed by atoms with van der Waals surface area (Å²) in [6.07, 6.45) is 0. The highest BCUT2D eigenvalue weighted by molar-refractivity contribution is 8.00. The number of rotatable bonds is 10. The first-order valence-electron chi connectivity index (χ1n) is 23.3. The van der Waals surface area contributed by atoms with Crippen LogP contribution in [0.4, 0.5) is 0 Å². The van der Waals surface area contributed by atoms with Crippen LogP contribution >= 0.6 is 52.3 Å². The molecule has 0 saturated heterocycles. The third-order valence-electron chi connectivity index (χ3n) is 12.7. The maximum Gasteiger partial charge on any atom is 0.530 e.